The summed E-state index contributed by atoms with van der Waals surface area (Å²) >= 11 is 0. The molecule has 2 aliphatic rings. The summed E-state index contributed by atoms with van der Waals surface area (Å²) in [4.78, 5) is 18.6. The number of hydrogen-bond donors (Lipinski definition) is 0. The number of aromatic nitrogens is 2. The van der Waals surface area contributed by atoms with Crippen LogP contribution in [0.15, 0.2) is 35.1 Å². The van der Waals surface area contributed by atoms with Crippen LogP contribution in [0.4, 0.5) is 0 Å². The van der Waals surface area contributed by atoms with E-state index >= 15 is 0 Å². The molecule has 2 aromatic heterocycles. The largest absolute Gasteiger partial charge is 0.486 e. The van der Waals surface area contributed by atoms with Gasteiger partial charge in [0, 0.05) is 18.8 Å². The lowest BCUT2D eigenvalue weighted by molar-refractivity contribution is -0.0788. The van der Waals surface area contributed by atoms with Gasteiger partial charge >= 0.3 is 0 Å². The molecule has 0 aromatic carbocycles. The summed E-state index contributed by atoms with van der Waals surface area (Å²) in [6.45, 7) is 2.83. The van der Waals surface area contributed by atoms with Gasteiger partial charge in [0.05, 0.1) is 18.8 Å². The molecule has 0 bridgehead atoms. The number of carbonyl (C=O) groups excluding carboxylic acids is 1. The number of rotatable bonds is 3. The second-order valence-corrected chi connectivity index (χ2v) is 6.15. The van der Waals surface area contributed by atoms with Gasteiger partial charge in [-0.1, -0.05) is 5.16 Å². The van der Waals surface area contributed by atoms with Crippen LogP contribution in [0, 0.1) is 6.92 Å². The van der Waals surface area contributed by atoms with E-state index in [1.54, 1.807) is 25.4 Å². The molecule has 1 aliphatic heterocycles. The minimum Gasteiger partial charge on any atom is -0.486 e. The summed E-state index contributed by atoms with van der Waals surface area (Å²) in [5, 5.41) is 3.85. The molecule has 0 unspecified atom stereocenters. The summed E-state index contributed by atoms with van der Waals surface area (Å²) in [7, 11) is 0. The van der Waals surface area contributed by atoms with Crippen molar-refractivity contribution >= 4 is 5.91 Å². The molecule has 0 spiro atoms. The second-order valence-electron chi connectivity index (χ2n) is 6.15. The number of aryl methyl sites for hydroxylation is 1. The zero-order chi connectivity index (χ0) is 16.5. The van der Waals surface area contributed by atoms with Gasteiger partial charge in [0.15, 0.2) is 5.69 Å². The predicted octanol–water partition coefficient (Wildman–Crippen LogP) is 1.83. The van der Waals surface area contributed by atoms with Crippen molar-refractivity contribution in [3.05, 3.63) is 42.0 Å². The van der Waals surface area contributed by atoms with Crippen molar-refractivity contribution in [2.24, 2.45) is 0 Å². The van der Waals surface area contributed by atoms with Gasteiger partial charge in [-0.3, -0.25) is 9.78 Å². The first-order valence-electron chi connectivity index (χ1n) is 8.15. The number of nitrogens with zero attached hydrogens (tertiary/aromatic N) is 3. The van der Waals surface area contributed by atoms with Crippen LogP contribution in [-0.4, -0.2) is 52.3 Å². The molecule has 1 amide bonds. The van der Waals surface area contributed by atoms with Gasteiger partial charge in [-0.2, -0.15) is 0 Å². The number of pyridine rings is 1. The summed E-state index contributed by atoms with van der Waals surface area (Å²) in [5.74, 6) is 1.25. The number of carbonyl (C=O) groups is 1. The molecular formula is C17H19N3O4. The fraction of sp³-hybridized carbons (Fsp3) is 0.471. The van der Waals surface area contributed by atoms with E-state index < -0.39 is 0 Å². The molecule has 2 aromatic rings. The summed E-state index contributed by atoms with van der Waals surface area (Å²) in [6, 6.07) is 5.40. The normalized spacial score (nSPS) is 26.2. The zero-order valence-corrected chi connectivity index (χ0v) is 13.4. The fourth-order valence-electron chi connectivity index (χ4n) is 3.50. The third-order valence-electron chi connectivity index (χ3n) is 4.57. The van der Waals surface area contributed by atoms with Crippen LogP contribution < -0.4 is 4.74 Å². The van der Waals surface area contributed by atoms with Crippen molar-refractivity contribution < 1.29 is 18.8 Å². The molecule has 0 N–H and O–H groups in total. The van der Waals surface area contributed by atoms with Crippen molar-refractivity contribution in [2.45, 2.75) is 38.0 Å². The maximum Gasteiger partial charge on any atom is 0.276 e. The molecule has 126 valence electrons. The first-order valence-corrected chi connectivity index (χ1v) is 8.15. The Balaban J connectivity index is 1.49. The van der Waals surface area contributed by atoms with Crippen LogP contribution in [0.3, 0.4) is 0 Å². The molecule has 2 fully saturated rings. The Labute approximate surface area is 139 Å². The van der Waals surface area contributed by atoms with Crippen molar-refractivity contribution in [3.8, 4) is 5.75 Å². The van der Waals surface area contributed by atoms with Crippen LogP contribution >= 0.6 is 0 Å². The highest BCUT2D eigenvalue weighted by atomic mass is 16.5. The highest BCUT2D eigenvalue weighted by Crippen LogP contribution is 2.33. The quantitative estimate of drug-likeness (QED) is 0.855. The predicted molar refractivity (Wildman–Crippen MR) is 83.7 cm³/mol. The topological polar surface area (TPSA) is 77.7 Å². The van der Waals surface area contributed by atoms with Gasteiger partial charge < -0.3 is 18.9 Å². The fourth-order valence-corrected chi connectivity index (χ4v) is 3.50. The minimum absolute atomic E-state index is 0.00456. The van der Waals surface area contributed by atoms with Crippen LogP contribution in [0.1, 0.15) is 29.1 Å². The average molecular weight is 329 g/mol. The van der Waals surface area contributed by atoms with Gasteiger partial charge in [-0.25, -0.2) is 0 Å². The monoisotopic (exact) mass is 329 g/mol. The second kappa shape index (κ2) is 6.24. The van der Waals surface area contributed by atoms with Gasteiger partial charge in [0.2, 0.25) is 0 Å². The Bertz CT molecular complexity index is 718. The van der Waals surface area contributed by atoms with Gasteiger partial charge in [0.25, 0.3) is 5.91 Å². The van der Waals surface area contributed by atoms with Crippen molar-refractivity contribution in [2.75, 3.05) is 13.2 Å². The Kier molecular flexibility index (Phi) is 3.93. The number of morpholine rings is 1. The van der Waals surface area contributed by atoms with Crippen LogP contribution in [0.25, 0.3) is 0 Å². The Hall–Kier alpha value is -2.41. The molecule has 24 heavy (non-hydrogen) atoms. The van der Waals surface area contributed by atoms with E-state index in [4.69, 9.17) is 14.0 Å². The Morgan fingerprint density at radius 1 is 1.42 bits per heavy atom. The first kappa shape index (κ1) is 15.1. The summed E-state index contributed by atoms with van der Waals surface area (Å²) < 4.78 is 17.0. The molecule has 0 radical (unpaired) electrons. The molecule has 7 nitrogen and oxygen atoms in total. The summed E-state index contributed by atoms with van der Waals surface area (Å²) in [5.41, 5.74) is 0.352. The average Bonchev–Trinajstić information content (AvgIpc) is 3.22. The van der Waals surface area contributed by atoms with Gasteiger partial charge in [-0.15, -0.1) is 0 Å². The lowest BCUT2D eigenvalue weighted by atomic mass is 10.1. The maximum absolute atomic E-state index is 12.7. The molecule has 3 heterocycles. The van der Waals surface area contributed by atoms with E-state index in [1.807, 2.05) is 17.0 Å². The Morgan fingerprint density at radius 3 is 3.08 bits per heavy atom. The maximum atomic E-state index is 12.7. The summed E-state index contributed by atoms with van der Waals surface area (Å²) in [6.07, 6.45) is 4.88. The van der Waals surface area contributed by atoms with E-state index in [0.717, 1.165) is 18.6 Å². The standard InChI is InChI=1S/C17H19N3O4/c1-11-9-13(19-24-11)17(21)20-7-8-22-16-14(20)4-5-15(16)23-12-3-2-6-18-10-12/h2-3,6,9-10,14-16H,4-5,7-8H2,1H3/t14-,15+,16+/m0/s1. The Morgan fingerprint density at radius 2 is 2.33 bits per heavy atom. The number of hydrogen-bond acceptors (Lipinski definition) is 6. The lowest BCUT2D eigenvalue weighted by Crippen LogP contribution is -2.54. The smallest absolute Gasteiger partial charge is 0.276 e. The van der Waals surface area contributed by atoms with Crippen molar-refractivity contribution in [1.82, 2.24) is 15.0 Å². The molecule has 1 saturated carbocycles. The molecule has 1 saturated heterocycles. The molecule has 4 rings (SSSR count). The molecule has 1 aliphatic carbocycles. The third kappa shape index (κ3) is 2.75. The SMILES string of the molecule is Cc1cc(C(=O)N2CCO[C@H]3[C@H](Oc4cccnc4)CC[C@@H]32)no1. The van der Waals surface area contributed by atoms with E-state index in [2.05, 4.69) is 10.1 Å². The first-order chi connectivity index (χ1) is 11.7. The van der Waals surface area contributed by atoms with E-state index in [9.17, 15) is 4.79 Å². The van der Waals surface area contributed by atoms with Crippen molar-refractivity contribution in [3.63, 3.8) is 0 Å². The number of amides is 1. The highest BCUT2D eigenvalue weighted by molar-refractivity contribution is 5.92. The molecule has 7 heteroatoms. The van der Waals surface area contributed by atoms with Crippen LogP contribution in [0.5, 0.6) is 5.75 Å². The number of fused-ring (bicyclic) bond motifs is 1. The zero-order valence-electron chi connectivity index (χ0n) is 13.4. The molecular weight excluding hydrogens is 310 g/mol. The van der Waals surface area contributed by atoms with Crippen LogP contribution in [0.2, 0.25) is 0 Å². The van der Waals surface area contributed by atoms with Gasteiger partial charge in [0.1, 0.15) is 23.7 Å². The van der Waals surface area contributed by atoms with E-state index in [0.29, 0.717) is 24.6 Å². The third-order valence-corrected chi connectivity index (χ3v) is 4.57. The minimum atomic E-state index is -0.129. The van der Waals surface area contributed by atoms with Crippen molar-refractivity contribution in [1.29, 1.82) is 0 Å². The van der Waals surface area contributed by atoms with E-state index in [1.165, 1.54) is 0 Å². The lowest BCUT2D eigenvalue weighted by Gasteiger charge is -2.38. The molecule has 3 atom stereocenters. The number of ether oxygens (including phenoxy) is 2. The van der Waals surface area contributed by atoms with E-state index in [-0.39, 0.29) is 24.2 Å². The van der Waals surface area contributed by atoms with Gasteiger partial charge in [-0.05, 0) is 31.9 Å². The van der Waals surface area contributed by atoms with Crippen LogP contribution in [-0.2, 0) is 4.74 Å². The highest BCUT2D eigenvalue weighted by Gasteiger charge is 2.46.